The van der Waals surface area contributed by atoms with E-state index in [0.717, 1.165) is 0 Å². The molecule has 0 aromatic heterocycles. The van der Waals surface area contributed by atoms with Crippen molar-refractivity contribution in [3.63, 3.8) is 0 Å². The monoisotopic (exact) mass is 405 g/mol. The van der Waals surface area contributed by atoms with Crippen molar-refractivity contribution in [1.29, 1.82) is 0 Å². The third-order valence-corrected chi connectivity index (χ3v) is 15.2. The van der Waals surface area contributed by atoms with Crippen LogP contribution in [-0.4, -0.2) is 59.3 Å². The highest BCUT2D eigenvalue weighted by Crippen LogP contribution is 2.40. The number of ether oxygens (including phenoxy) is 1. The van der Waals surface area contributed by atoms with Crippen LogP contribution in [0.15, 0.2) is 0 Å². The van der Waals surface area contributed by atoms with Crippen molar-refractivity contribution in [2.75, 3.05) is 6.61 Å². The molecule has 4 atom stereocenters. The quantitative estimate of drug-likeness (QED) is 0.502. The van der Waals surface area contributed by atoms with Gasteiger partial charge in [-0.15, -0.1) is 0 Å². The van der Waals surface area contributed by atoms with Crippen LogP contribution in [0.3, 0.4) is 0 Å². The number of hydrogen-bond acceptors (Lipinski definition) is 5. The second-order valence-corrected chi connectivity index (χ2v) is 19.8. The Labute approximate surface area is 161 Å². The molecule has 8 heteroatoms. The third kappa shape index (κ3) is 5.39. The Hall–Kier alpha value is -0.256. The van der Waals surface area contributed by atoms with Gasteiger partial charge in [-0.05, 0) is 36.3 Å². The van der Waals surface area contributed by atoms with Crippen LogP contribution in [0, 0.1) is 0 Å². The zero-order chi connectivity index (χ0) is 20.6. The topological polar surface area (TPSA) is 77.0 Å². The first-order valence-corrected chi connectivity index (χ1v) is 15.2. The number of aliphatic hydroxyl groups is 1. The fourth-order valence-electron chi connectivity index (χ4n) is 2.25. The Kier molecular flexibility index (Phi) is 7.32. The molecule has 1 amide bonds. The summed E-state index contributed by atoms with van der Waals surface area (Å²) in [5.41, 5.74) is 0. The van der Waals surface area contributed by atoms with Gasteiger partial charge in [0.05, 0.1) is 6.61 Å². The molecule has 6 nitrogen and oxygen atoms in total. The molecule has 0 aliphatic carbocycles. The van der Waals surface area contributed by atoms with E-state index in [-0.39, 0.29) is 10.1 Å². The Balaban J connectivity index is 2.97. The lowest BCUT2D eigenvalue weighted by Gasteiger charge is -2.41. The summed E-state index contributed by atoms with van der Waals surface area (Å²) in [5.74, 6) is 0. The first-order chi connectivity index (χ1) is 11.5. The molecule has 1 fully saturated rings. The molecular formula is C18H39NO5Si2. The SMILES string of the molecule is CC(C)(C)[Si](C)(C)OC[C@H]1O[C@H](NC=O)[C@H](O)[C@@H]1O[Si](C)(C)C(C)(C)C. The lowest BCUT2D eigenvalue weighted by Crippen LogP contribution is -2.51. The summed E-state index contributed by atoms with van der Waals surface area (Å²) in [6, 6.07) is 0. The number of nitrogens with one attached hydrogen (secondary N) is 1. The number of carbonyl (C=O) groups is 1. The Morgan fingerprint density at radius 3 is 1.96 bits per heavy atom. The van der Waals surface area contributed by atoms with Crippen molar-refractivity contribution in [2.24, 2.45) is 0 Å². The molecule has 1 rings (SSSR count). The van der Waals surface area contributed by atoms with Crippen LogP contribution >= 0.6 is 0 Å². The normalized spacial score (nSPS) is 28.3. The zero-order valence-corrected chi connectivity index (χ0v) is 20.2. The smallest absolute Gasteiger partial charge is 0.209 e. The molecule has 1 heterocycles. The van der Waals surface area contributed by atoms with Crippen molar-refractivity contribution in [2.45, 2.75) is 102 Å². The maximum Gasteiger partial charge on any atom is 0.209 e. The molecule has 0 aromatic carbocycles. The van der Waals surface area contributed by atoms with Crippen molar-refractivity contribution in [3.05, 3.63) is 0 Å². The average Bonchev–Trinajstić information content (AvgIpc) is 2.72. The van der Waals surface area contributed by atoms with Crippen LogP contribution < -0.4 is 5.32 Å². The maximum absolute atomic E-state index is 10.9. The Morgan fingerprint density at radius 2 is 1.54 bits per heavy atom. The van der Waals surface area contributed by atoms with Crippen molar-refractivity contribution in [3.8, 4) is 0 Å². The molecule has 0 spiro atoms. The van der Waals surface area contributed by atoms with Gasteiger partial charge in [-0.1, -0.05) is 41.5 Å². The molecule has 154 valence electrons. The van der Waals surface area contributed by atoms with Crippen molar-refractivity contribution < 1.29 is 23.5 Å². The van der Waals surface area contributed by atoms with E-state index in [9.17, 15) is 9.90 Å². The van der Waals surface area contributed by atoms with E-state index in [1.54, 1.807) is 0 Å². The van der Waals surface area contributed by atoms with Crippen LogP contribution in [0.1, 0.15) is 41.5 Å². The van der Waals surface area contributed by atoms with Gasteiger partial charge >= 0.3 is 0 Å². The molecular weight excluding hydrogens is 366 g/mol. The maximum atomic E-state index is 10.9. The first kappa shape index (κ1) is 23.8. The summed E-state index contributed by atoms with van der Waals surface area (Å²) < 4.78 is 18.7. The largest absolute Gasteiger partial charge is 0.414 e. The van der Waals surface area contributed by atoms with E-state index in [2.05, 4.69) is 73.0 Å². The number of aliphatic hydroxyl groups excluding tert-OH is 1. The van der Waals surface area contributed by atoms with Gasteiger partial charge in [-0.25, -0.2) is 0 Å². The second-order valence-electron chi connectivity index (χ2n) is 10.3. The van der Waals surface area contributed by atoms with Crippen LogP contribution in [0.5, 0.6) is 0 Å². The van der Waals surface area contributed by atoms with E-state index >= 15 is 0 Å². The van der Waals surface area contributed by atoms with E-state index in [1.807, 2.05) is 0 Å². The first-order valence-electron chi connectivity index (χ1n) is 9.38. The fourth-order valence-corrected chi connectivity index (χ4v) is 4.59. The molecule has 0 bridgehead atoms. The van der Waals surface area contributed by atoms with Gasteiger partial charge in [0, 0.05) is 0 Å². The molecule has 2 N–H and O–H groups in total. The summed E-state index contributed by atoms with van der Waals surface area (Å²) in [7, 11) is -4.07. The van der Waals surface area contributed by atoms with E-state index < -0.39 is 41.2 Å². The van der Waals surface area contributed by atoms with E-state index in [1.165, 1.54) is 0 Å². The van der Waals surface area contributed by atoms with Gasteiger partial charge in [0.15, 0.2) is 22.9 Å². The molecule has 1 aliphatic rings. The Morgan fingerprint density at radius 1 is 1.04 bits per heavy atom. The minimum Gasteiger partial charge on any atom is -0.414 e. The average molecular weight is 406 g/mol. The number of amides is 1. The van der Waals surface area contributed by atoms with Crippen molar-refractivity contribution >= 4 is 23.0 Å². The second kappa shape index (κ2) is 8.01. The molecule has 1 saturated heterocycles. The minimum atomic E-state index is -2.12. The summed E-state index contributed by atoms with van der Waals surface area (Å²) in [5, 5.41) is 13.3. The molecule has 1 aliphatic heterocycles. The summed E-state index contributed by atoms with van der Waals surface area (Å²) in [6.07, 6.45) is -2.06. The molecule has 0 aromatic rings. The van der Waals surface area contributed by atoms with E-state index in [0.29, 0.717) is 13.0 Å². The minimum absolute atomic E-state index is 0.00767. The number of hydrogen-bond donors (Lipinski definition) is 2. The predicted molar refractivity (Wildman–Crippen MR) is 109 cm³/mol. The highest BCUT2D eigenvalue weighted by atomic mass is 28.4. The van der Waals surface area contributed by atoms with Gasteiger partial charge in [-0.3, -0.25) is 4.79 Å². The van der Waals surface area contributed by atoms with Crippen LogP contribution in [0.25, 0.3) is 0 Å². The Bertz CT molecular complexity index is 485. The van der Waals surface area contributed by atoms with Gasteiger partial charge < -0.3 is 24.0 Å². The van der Waals surface area contributed by atoms with E-state index in [4.69, 9.17) is 13.6 Å². The van der Waals surface area contributed by atoms with Crippen molar-refractivity contribution in [1.82, 2.24) is 5.32 Å². The highest BCUT2D eigenvalue weighted by molar-refractivity contribution is 6.74. The summed E-state index contributed by atoms with van der Waals surface area (Å²) in [6.45, 7) is 22.0. The summed E-state index contributed by atoms with van der Waals surface area (Å²) in [4.78, 5) is 10.9. The molecule has 0 saturated carbocycles. The van der Waals surface area contributed by atoms with Gasteiger partial charge in [0.25, 0.3) is 0 Å². The van der Waals surface area contributed by atoms with Crippen LogP contribution in [0.2, 0.25) is 36.3 Å². The van der Waals surface area contributed by atoms with Crippen LogP contribution in [0.4, 0.5) is 0 Å². The number of rotatable bonds is 7. The standard InChI is InChI=1S/C18H39NO5Si2/c1-17(2,3)25(7,8)22-11-13-15(14(21)16(23-13)19-12-20)24-26(9,10)18(4,5)6/h12-16,21H,11H2,1-10H3,(H,19,20)/t13-,14-,15-,16+/m1/s1. The number of carbonyl (C=O) groups excluding carboxylic acids is 1. The highest BCUT2D eigenvalue weighted by Gasteiger charge is 2.50. The van der Waals surface area contributed by atoms with Crippen LogP contribution in [-0.2, 0) is 18.4 Å². The zero-order valence-electron chi connectivity index (χ0n) is 18.2. The lowest BCUT2D eigenvalue weighted by molar-refractivity contribution is -0.115. The molecule has 0 radical (unpaired) electrons. The van der Waals surface area contributed by atoms with Gasteiger partial charge in [-0.2, -0.15) is 0 Å². The molecule has 0 unspecified atom stereocenters. The fraction of sp³-hybridized carbons (Fsp3) is 0.944. The summed E-state index contributed by atoms with van der Waals surface area (Å²) >= 11 is 0. The molecule has 26 heavy (non-hydrogen) atoms. The van der Waals surface area contributed by atoms with Gasteiger partial charge in [0.1, 0.15) is 18.3 Å². The van der Waals surface area contributed by atoms with Gasteiger partial charge in [0.2, 0.25) is 6.41 Å². The predicted octanol–water partition coefficient (Wildman–Crippen LogP) is 3.23. The lowest BCUT2D eigenvalue weighted by atomic mass is 10.1. The third-order valence-electron chi connectivity index (χ3n) is 6.22.